The van der Waals surface area contributed by atoms with Crippen molar-refractivity contribution in [1.29, 1.82) is 0 Å². The largest absolute Gasteiger partial charge is 0.359 e. The molecular weight excluding hydrogens is 278 g/mol. The van der Waals surface area contributed by atoms with Crippen LogP contribution in [0.4, 0.5) is 5.82 Å². The summed E-state index contributed by atoms with van der Waals surface area (Å²) in [5.41, 5.74) is 1.16. The van der Waals surface area contributed by atoms with Crippen LogP contribution >= 0.6 is 0 Å². The van der Waals surface area contributed by atoms with Gasteiger partial charge < -0.3 is 15.5 Å². The number of amides is 1. The third-order valence-electron chi connectivity index (χ3n) is 4.73. The fraction of sp³-hybridized carbons (Fsp3) is 0.688. The smallest absolute Gasteiger partial charge is 0.224 e. The van der Waals surface area contributed by atoms with Crippen molar-refractivity contribution in [2.45, 2.75) is 32.1 Å². The summed E-state index contributed by atoms with van der Waals surface area (Å²) in [4.78, 5) is 23.3. The SMILES string of the molecule is CNC(=O)[C@H]1CCN(c2cc(C3CCNCC3)nc(C)n2)C1. The van der Waals surface area contributed by atoms with E-state index >= 15 is 0 Å². The van der Waals surface area contributed by atoms with E-state index in [1.165, 1.54) is 0 Å². The Morgan fingerprint density at radius 2 is 2.09 bits per heavy atom. The molecule has 2 fully saturated rings. The van der Waals surface area contributed by atoms with Gasteiger partial charge in [-0.05, 0) is 39.3 Å². The lowest BCUT2D eigenvalue weighted by molar-refractivity contribution is -0.123. The van der Waals surface area contributed by atoms with Gasteiger partial charge >= 0.3 is 0 Å². The lowest BCUT2D eigenvalue weighted by Crippen LogP contribution is -2.30. The van der Waals surface area contributed by atoms with E-state index in [0.717, 1.165) is 62.8 Å². The summed E-state index contributed by atoms with van der Waals surface area (Å²) in [5, 5.41) is 6.14. The summed E-state index contributed by atoms with van der Waals surface area (Å²) < 4.78 is 0. The Hall–Kier alpha value is -1.69. The van der Waals surface area contributed by atoms with Crippen molar-refractivity contribution >= 4 is 11.7 Å². The highest BCUT2D eigenvalue weighted by Gasteiger charge is 2.29. The number of nitrogens with zero attached hydrogens (tertiary/aromatic N) is 3. The molecule has 3 rings (SSSR count). The molecule has 2 N–H and O–H groups in total. The Labute approximate surface area is 131 Å². The minimum Gasteiger partial charge on any atom is -0.359 e. The average molecular weight is 303 g/mol. The van der Waals surface area contributed by atoms with Gasteiger partial charge in [0.1, 0.15) is 11.6 Å². The number of aromatic nitrogens is 2. The van der Waals surface area contributed by atoms with Gasteiger partial charge in [-0.3, -0.25) is 4.79 Å². The first kappa shape index (κ1) is 15.2. The molecule has 6 heteroatoms. The number of nitrogens with one attached hydrogen (secondary N) is 2. The van der Waals surface area contributed by atoms with Crippen LogP contribution in [-0.4, -0.2) is 49.1 Å². The Bertz CT molecular complexity index is 541. The highest BCUT2D eigenvalue weighted by atomic mass is 16.1. The number of piperidine rings is 1. The van der Waals surface area contributed by atoms with Gasteiger partial charge in [-0.15, -0.1) is 0 Å². The van der Waals surface area contributed by atoms with Gasteiger partial charge in [0.05, 0.1) is 5.92 Å². The summed E-state index contributed by atoms with van der Waals surface area (Å²) in [6.07, 6.45) is 3.17. The topological polar surface area (TPSA) is 70.2 Å². The van der Waals surface area contributed by atoms with Crippen molar-refractivity contribution in [2.24, 2.45) is 5.92 Å². The first-order valence-corrected chi connectivity index (χ1v) is 8.20. The normalized spacial score (nSPS) is 22.8. The van der Waals surface area contributed by atoms with Crippen LogP contribution in [0.1, 0.15) is 36.7 Å². The Kier molecular flexibility index (Phi) is 4.57. The van der Waals surface area contributed by atoms with Crippen LogP contribution in [0.25, 0.3) is 0 Å². The van der Waals surface area contributed by atoms with Gasteiger partial charge in [0.2, 0.25) is 5.91 Å². The maximum Gasteiger partial charge on any atom is 0.224 e. The second kappa shape index (κ2) is 6.60. The third kappa shape index (κ3) is 3.21. The fourth-order valence-electron chi connectivity index (χ4n) is 3.45. The molecule has 0 aromatic carbocycles. The van der Waals surface area contributed by atoms with Crippen LogP contribution in [0.2, 0.25) is 0 Å². The molecule has 0 saturated carbocycles. The van der Waals surface area contributed by atoms with Crippen molar-refractivity contribution < 1.29 is 4.79 Å². The summed E-state index contributed by atoms with van der Waals surface area (Å²) >= 11 is 0. The van der Waals surface area contributed by atoms with Crippen molar-refractivity contribution in [3.05, 3.63) is 17.6 Å². The first-order chi connectivity index (χ1) is 10.7. The highest BCUT2D eigenvalue weighted by molar-refractivity contribution is 5.79. The zero-order valence-electron chi connectivity index (χ0n) is 13.4. The van der Waals surface area contributed by atoms with Gasteiger partial charge in [-0.1, -0.05) is 0 Å². The van der Waals surface area contributed by atoms with Gasteiger partial charge in [0, 0.05) is 37.8 Å². The summed E-state index contributed by atoms with van der Waals surface area (Å²) in [6.45, 7) is 5.72. The van der Waals surface area contributed by atoms with E-state index in [1.54, 1.807) is 7.05 Å². The molecule has 2 aliphatic rings. The molecule has 1 atom stereocenters. The van der Waals surface area contributed by atoms with E-state index in [1.807, 2.05) is 6.92 Å². The molecule has 0 spiro atoms. The maximum atomic E-state index is 11.8. The molecule has 1 aromatic heterocycles. The lowest BCUT2D eigenvalue weighted by atomic mass is 9.94. The first-order valence-electron chi connectivity index (χ1n) is 8.20. The Balaban J connectivity index is 1.76. The van der Waals surface area contributed by atoms with Crippen LogP contribution in [0.3, 0.4) is 0 Å². The standard InChI is InChI=1S/C16H25N5O/c1-11-19-14(12-3-6-18-7-4-12)9-15(20-11)21-8-5-13(10-21)16(22)17-2/h9,12-13,18H,3-8,10H2,1-2H3,(H,17,22)/t13-/m0/s1. The molecule has 1 amide bonds. The predicted octanol–water partition coefficient (Wildman–Crippen LogP) is 0.824. The van der Waals surface area contributed by atoms with E-state index in [-0.39, 0.29) is 11.8 Å². The van der Waals surface area contributed by atoms with Crippen LogP contribution in [-0.2, 0) is 4.79 Å². The minimum absolute atomic E-state index is 0.0719. The maximum absolute atomic E-state index is 11.8. The van der Waals surface area contributed by atoms with Crippen LogP contribution in [0, 0.1) is 12.8 Å². The molecule has 2 saturated heterocycles. The molecule has 0 aliphatic carbocycles. The molecule has 3 heterocycles. The van der Waals surface area contributed by atoms with Gasteiger partial charge in [-0.2, -0.15) is 0 Å². The molecule has 2 aliphatic heterocycles. The molecule has 6 nitrogen and oxygen atoms in total. The molecule has 0 bridgehead atoms. The molecule has 0 unspecified atom stereocenters. The van der Waals surface area contributed by atoms with Crippen molar-refractivity contribution in [2.75, 3.05) is 38.1 Å². The van der Waals surface area contributed by atoms with E-state index < -0.39 is 0 Å². The van der Waals surface area contributed by atoms with Crippen molar-refractivity contribution in [3.8, 4) is 0 Å². The number of rotatable bonds is 3. The van der Waals surface area contributed by atoms with Gasteiger partial charge in [-0.25, -0.2) is 9.97 Å². The zero-order chi connectivity index (χ0) is 15.5. The predicted molar refractivity (Wildman–Crippen MR) is 86.0 cm³/mol. The van der Waals surface area contributed by atoms with E-state index in [4.69, 9.17) is 0 Å². The Morgan fingerprint density at radius 1 is 1.32 bits per heavy atom. The van der Waals surface area contributed by atoms with Crippen LogP contribution in [0.5, 0.6) is 0 Å². The molecular formula is C16H25N5O. The average Bonchev–Trinajstić information content (AvgIpc) is 3.04. The number of anilines is 1. The monoisotopic (exact) mass is 303 g/mol. The minimum atomic E-state index is 0.0719. The zero-order valence-corrected chi connectivity index (χ0v) is 13.4. The lowest BCUT2D eigenvalue weighted by Gasteiger charge is -2.24. The number of carbonyl (C=O) groups excluding carboxylic acids is 1. The molecule has 0 radical (unpaired) electrons. The quantitative estimate of drug-likeness (QED) is 0.865. The van der Waals surface area contributed by atoms with Crippen LogP contribution < -0.4 is 15.5 Å². The second-order valence-electron chi connectivity index (χ2n) is 6.27. The fourth-order valence-corrected chi connectivity index (χ4v) is 3.45. The Morgan fingerprint density at radius 3 is 2.82 bits per heavy atom. The van der Waals surface area contributed by atoms with Gasteiger partial charge in [0.15, 0.2) is 0 Å². The van der Waals surface area contributed by atoms with E-state index in [0.29, 0.717) is 5.92 Å². The third-order valence-corrected chi connectivity index (χ3v) is 4.73. The van der Waals surface area contributed by atoms with Crippen molar-refractivity contribution in [1.82, 2.24) is 20.6 Å². The van der Waals surface area contributed by atoms with E-state index in [9.17, 15) is 4.79 Å². The summed E-state index contributed by atoms with van der Waals surface area (Å²) in [5.74, 6) is 2.54. The van der Waals surface area contributed by atoms with E-state index in [2.05, 4.69) is 31.6 Å². The molecule has 1 aromatic rings. The summed E-state index contributed by atoms with van der Waals surface area (Å²) in [7, 11) is 1.70. The second-order valence-corrected chi connectivity index (χ2v) is 6.27. The van der Waals surface area contributed by atoms with Crippen LogP contribution in [0.15, 0.2) is 6.07 Å². The molecule has 120 valence electrons. The highest BCUT2D eigenvalue weighted by Crippen LogP contribution is 2.28. The number of hydrogen-bond acceptors (Lipinski definition) is 5. The van der Waals surface area contributed by atoms with Gasteiger partial charge in [0.25, 0.3) is 0 Å². The number of aryl methyl sites for hydroxylation is 1. The molecule has 22 heavy (non-hydrogen) atoms. The number of carbonyl (C=O) groups is 1. The van der Waals surface area contributed by atoms with Crippen molar-refractivity contribution in [3.63, 3.8) is 0 Å². The summed E-state index contributed by atoms with van der Waals surface area (Å²) in [6, 6.07) is 2.13. The number of hydrogen-bond donors (Lipinski definition) is 2.